The minimum atomic E-state index is 0.261. The van der Waals surface area contributed by atoms with Crippen molar-refractivity contribution < 1.29 is 4.74 Å². The van der Waals surface area contributed by atoms with Crippen LogP contribution in [0.25, 0.3) is 0 Å². The minimum absolute atomic E-state index is 0.261. The van der Waals surface area contributed by atoms with Crippen LogP contribution in [0.1, 0.15) is 17.8 Å². The summed E-state index contributed by atoms with van der Waals surface area (Å²) < 4.78 is 6.92. The van der Waals surface area contributed by atoms with Crippen LogP contribution < -0.4 is 10.1 Å². The predicted molar refractivity (Wildman–Crippen MR) is 94.5 cm³/mol. The normalized spacial score (nSPS) is 12.4. The van der Waals surface area contributed by atoms with Crippen molar-refractivity contribution in [3.8, 4) is 5.75 Å². The van der Waals surface area contributed by atoms with E-state index in [4.69, 9.17) is 4.74 Å². The molecule has 1 heterocycles. The van der Waals surface area contributed by atoms with E-state index in [9.17, 15) is 0 Å². The summed E-state index contributed by atoms with van der Waals surface area (Å²) in [6.45, 7) is 3.77. The Balaban J connectivity index is 1.96. The minimum Gasteiger partial charge on any atom is -0.492 e. The standard InChI is InChI=1S/C16H21BrN2OS/c1-12(16-15(17)7-10-21-16)18-13-5-4-6-14(11-13)20-9-8-19(2)3/h4-7,10-12,18H,8-9H2,1-3H3. The van der Waals surface area contributed by atoms with Gasteiger partial charge in [0.2, 0.25) is 0 Å². The zero-order chi connectivity index (χ0) is 15.2. The zero-order valence-electron chi connectivity index (χ0n) is 12.6. The van der Waals surface area contributed by atoms with Crippen molar-refractivity contribution in [2.45, 2.75) is 13.0 Å². The van der Waals surface area contributed by atoms with Crippen LogP contribution in [-0.2, 0) is 0 Å². The molecule has 1 aromatic carbocycles. The van der Waals surface area contributed by atoms with Crippen LogP contribution in [0.4, 0.5) is 5.69 Å². The van der Waals surface area contributed by atoms with Crippen LogP contribution in [0.5, 0.6) is 5.75 Å². The van der Waals surface area contributed by atoms with Gasteiger partial charge in [-0.2, -0.15) is 0 Å². The number of likely N-dealkylation sites (N-methyl/N-ethyl adjacent to an activating group) is 1. The van der Waals surface area contributed by atoms with E-state index >= 15 is 0 Å². The van der Waals surface area contributed by atoms with Crippen molar-refractivity contribution in [1.29, 1.82) is 0 Å². The van der Waals surface area contributed by atoms with Crippen LogP contribution in [0.15, 0.2) is 40.2 Å². The van der Waals surface area contributed by atoms with Gasteiger partial charge in [-0.25, -0.2) is 0 Å². The number of hydrogen-bond donors (Lipinski definition) is 1. The molecule has 0 aliphatic heterocycles. The van der Waals surface area contributed by atoms with Crippen molar-refractivity contribution in [3.63, 3.8) is 0 Å². The van der Waals surface area contributed by atoms with Gasteiger partial charge in [0.15, 0.2) is 0 Å². The molecule has 0 spiro atoms. The van der Waals surface area contributed by atoms with E-state index in [1.165, 1.54) is 4.88 Å². The van der Waals surface area contributed by atoms with Gasteiger partial charge in [0.1, 0.15) is 12.4 Å². The zero-order valence-corrected chi connectivity index (χ0v) is 15.0. The van der Waals surface area contributed by atoms with E-state index in [-0.39, 0.29) is 6.04 Å². The summed E-state index contributed by atoms with van der Waals surface area (Å²) in [7, 11) is 4.09. The molecule has 3 nitrogen and oxygen atoms in total. The second kappa shape index (κ2) is 7.82. The number of hydrogen-bond acceptors (Lipinski definition) is 4. The topological polar surface area (TPSA) is 24.5 Å². The first-order chi connectivity index (χ1) is 10.1. The maximum absolute atomic E-state index is 5.77. The van der Waals surface area contributed by atoms with E-state index in [1.54, 1.807) is 11.3 Å². The summed E-state index contributed by atoms with van der Waals surface area (Å²) in [5.41, 5.74) is 1.07. The van der Waals surface area contributed by atoms with Crippen molar-refractivity contribution >= 4 is 33.0 Å². The van der Waals surface area contributed by atoms with Gasteiger partial charge in [-0.15, -0.1) is 11.3 Å². The Kier molecular flexibility index (Phi) is 6.08. The van der Waals surface area contributed by atoms with Gasteiger partial charge in [0.05, 0.1) is 6.04 Å². The molecule has 0 fully saturated rings. The number of benzene rings is 1. The summed E-state index contributed by atoms with van der Waals surface area (Å²) in [5, 5.41) is 5.61. The molecule has 0 bridgehead atoms. The van der Waals surface area contributed by atoms with Crippen LogP contribution >= 0.6 is 27.3 Å². The van der Waals surface area contributed by atoms with Crippen molar-refractivity contribution in [3.05, 3.63) is 45.1 Å². The van der Waals surface area contributed by atoms with Gasteiger partial charge >= 0.3 is 0 Å². The monoisotopic (exact) mass is 368 g/mol. The Hall–Kier alpha value is -1.04. The Morgan fingerprint density at radius 3 is 2.81 bits per heavy atom. The third-order valence-corrected chi connectivity index (χ3v) is 5.12. The summed E-state index contributed by atoms with van der Waals surface area (Å²) in [4.78, 5) is 3.41. The van der Waals surface area contributed by atoms with Gasteiger partial charge in [0, 0.05) is 27.6 Å². The summed E-state index contributed by atoms with van der Waals surface area (Å²) in [5.74, 6) is 0.902. The SMILES string of the molecule is CC(Nc1cccc(OCCN(C)C)c1)c1sccc1Br. The fourth-order valence-corrected chi connectivity index (χ4v) is 3.68. The second-order valence-electron chi connectivity index (χ2n) is 5.18. The Morgan fingerprint density at radius 2 is 2.14 bits per heavy atom. The molecule has 0 radical (unpaired) electrons. The number of halogens is 1. The van der Waals surface area contributed by atoms with E-state index in [0.717, 1.165) is 22.5 Å². The Labute approximate surface area is 139 Å². The van der Waals surface area contributed by atoms with Gasteiger partial charge in [-0.05, 0) is 60.5 Å². The molecule has 1 aromatic heterocycles. The maximum Gasteiger partial charge on any atom is 0.121 e. The lowest BCUT2D eigenvalue weighted by Gasteiger charge is -2.16. The highest BCUT2D eigenvalue weighted by atomic mass is 79.9. The smallest absolute Gasteiger partial charge is 0.121 e. The van der Waals surface area contributed by atoms with Gasteiger partial charge in [0.25, 0.3) is 0 Å². The molecule has 5 heteroatoms. The van der Waals surface area contributed by atoms with Crippen LogP contribution in [0.3, 0.4) is 0 Å². The summed E-state index contributed by atoms with van der Waals surface area (Å²) in [6.07, 6.45) is 0. The lowest BCUT2D eigenvalue weighted by Crippen LogP contribution is -2.19. The number of nitrogens with one attached hydrogen (secondary N) is 1. The number of rotatable bonds is 7. The average Bonchev–Trinajstić information content (AvgIpc) is 2.85. The highest BCUT2D eigenvalue weighted by Crippen LogP contribution is 2.31. The van der Waals surface area contributed by atoms with Crippen LogP contribution in [0, 0.1) is 0 Å². The molecule has 1 unspecified atom stereocenters. The fourth-order valence-electron chi connectivity index (χ4n) is 1.95. The first kappa shape index (κ1) is 16.3. The number of thiophene rings is 1. The third-order valence-electron chi connectivity index (χ3n) is 3.06. The first-order valence-electron chi connectivity index (χ1n) is 6.93. The molecule has 114 valence electrons. The molecule has 0 saturated carbocycles. The molecule has 0 aliphatic carbocycles. The molecule has 2 rings (SSSR count). The van der Waals surface area contributed by atoms with Crippen molar-refractivity contribution in [2.75, 3.05) is 32.6 Å². The maximum atomic E-state index is 5.77. The highest BCUT2D eigenvalue weighted by molar-refractivity contribution is 9.10. The molecule has 1 N–H and O–H groups in total. The van der Waals surface area contributed by atoms with E-state index in [2.05, 4.69) is 50.6 Å². The molecular weight excluding hydrogens is 348 g/mol. The van der Waals surface area contributed by atoms with Crippen LogP contribution in [0.2, 0.25) is 0 Å². The van der Waals surface area contributed by atoms with Gasteiger partial charge in [-0.1, -0.05) is 6.07 Å². The highest BCUT2D eigenvalue weighted by Gasteiger charge is 2.10. The number of nitrogens with zero attached hydrogens (tertiary/aromatic N) is 1. The molecule has 21 heavy (non-hydrogen) atoms. The van der Waals surface area contributed by atoms with Crippen molar-refractivity contribution in [1.82, 2.24) is 4.90 Å². The fraction of sp³-hybridized carbons (Fsp3) is 0.375. The van der Waals surface area contributed by atoms with E-state index < -0.39 is 0 Å². The van der Waals surface area contributed by atoms with Crippen LogP contribution in [-0.4, -0.2) is 32.1 Å². The number of anilines is 1. The average molecular weight is 369 g/mol. The lowest BCUT2D eigenvalue weighted by molar-refractivity contribution is 0.261. The van der Waals surface area contributed by atoms with Crippen molar-refractivity contribution in [2.24, 2.45) is 0 Å². The molecule has 1 atom stereocenters. The molecule has 2 aromatic rings. The first-order valence-corrected chi connectivity index (χ1v) is 8.60. The predicted octanol–water partition coefficient (Wildman–Crippen LogP) is 4.62. The largest absolute Gasteiger partial charge is 0.492 e. The summed E-state index contributed by atoms with van der Waals surface area (Å²) >= 11 is 5.34. The molecular formula is C16H21BrN2OS. The number of ether oxygens (including phenoxy) is 1. The van der Waals surface area contributed by atoms with E-state index in [0.29, 0.717) is 6.61 Å². The molecule has 0 amide bonds. The Morgan fingerprint density at radius 1 is 1.33 bits per heavy atom. The second-order valence-corrected chi connectivity index (χ2v) is 6.98. The summed E-state index contributed by atoms with van der Waals surface area (Å²) in [6, 6.07) is 10.5. The third kappa shape index (κ3) is 5.02. The lowest BCUT2D eigenvalue weighted by atomic mass is 10.2. The van der Waals surface area contributed by atoms with Gasteiger partial charge in [-0.3, -0.25) is 0 Å². The quantitative estimate of drug-likeness (QED) is 0.771. The molecule has 0 saturated heterocycles. The van der Waals surface area contributed by atoms with E-state index in [1.807, 2.05) is 32.3 Å². The molecule has 0 aliphatic rings. The van der Waals surface area contributed by atoms with Gasteiger partial charge < -0.3 is 15.0 Å². The Bertz CT molecular complexity index is 571.